The second-order valence-electron chi connectivity index (χ2n) is 7.31. The normalized spacial score (nSPS) is 11.4. The number of anilines is 1. The minimum atomic E-state index is -4.08. The molecule has 1 heterocycles. The molecular formula is C23H19F2N3O5S. The molecule has 3 aromatic carbocycles. The van der Waals surface area contributed by atoms with E-state index in [0.29, 0.717) is 11.8 Å². The Kier molecular flexibility index (Phi) is 6.20. The van der Waals surface area contributed by atoms with Crippen LogP contribution in [0.25, 0.3) is 10.9 Å². The molecule has 1 aromatic heterocycles. The molecule has 0 spiro atoms. The van der Waals surface area contributed by atoms with E-state index in [1.807, 2.05) is 6.92 Å². The number of nitrogens with zero attached hydrogens (tertiary/aromatic N) is 2. The van der Waals surface area contributed by atoms with Crippen molar-refractivity contribution in [3.8, 4) is 11.6 Å². The van der Waals surface area contributed by atoms with Crippen molar-refractivity contribution in [3.05, 3.63) is 77.9 Å². The quantitative estimate of drug-likeness (QED) is 0.425. The number of benzene rings is 3. The van der Waals surface area contributed by atoms with Crippen LogP contribution in [0.5, 0.6) is 11.6 Å². The molecule has 0 aliphatic rings. The molecule has 0 aliphatic carbocycles. The fraction of sp³-hybridized carbons (Fsp3) is 0.130. The van der Waals surface area contributed by atoms with Gasteiger partial charge in [-0.15, -0.1) is 9.19 Å². The molecule has 8 nitrogen and oxygen atoms in total. The van der Waals surface area contributed by atoms with Crippen LogP contribution in [0.4, 0.5) is 14.5 Å². The van der Waals surface area contributed by atoms with E-state index >= 15 is 0 Å². The van der Waals surface area contributed by atoms with Crippen molar-refractivity contribution in [3.63, 3.8) is 0 Å². The minimum absolute atomic E-state index is 0.0226. The molecule has 4 rings (SSSR count). The molecule has 0 unspecified atom stereocenters. The summed E-state index contributed by atoms with van der Waals surface area (Å²) in [5.74, 6) is -2.20. The van der Waals surface area contributed by atoms with Gasteiger partial charge in [0.1, 0.15) is 17.4 Å². The second-order valence-corrected chi connectivity index (χ2v) is 9.08. The summed E-state index contributed by atoms with van der Waals surface area (Å²) in [6, 6.07) is 13.6. The zero-order valence-electron chi connectivity index (χ0n) is 18.1. The van der Waals surface area contributed by atoms with E-state index in [4.69, 9.17) is 9.47 Å². The van der Waals surface area contributed by atoms with Crippen LogP contribution in [0.2, 0.25) is 0 Å². The monoisotopic (exact) mass is 487 g/mol. The first-order valence-corrected chi connectivity index (χ1v) is 11.4. The third-order valence-electron chi connectivity index (χ3n) is 4.91. The molecular weight excluding hydrogens is 468 g/mol. The number of aromatic nitrogens is 2. The highest BCUT2D eigenvalue weighted by Crippen LogP contribution is 2.31. The number of carbonyl (C=O) groups is 1. The van der Waals surface area contributed by atoms with Gasteiger partial charge in [-0.2, -0.15) is 8.42 Å². The summed E-state index contributed by atoms with van der Waals surface area (Å²) in [6.45, 7) is 1.23. The van der Waals surface area contributed by atoms with Gasteiger partial charge in [0.25, 0.3) is 15.9 Å². The molecule has 0 fully saturated rings. The lowest BCUT2D eigenvalue weighted by molar-refractivity contribution is -0.118. The lowest BCUT2D eigenvalue weighted by Crippen LogP contribution is -2.21. The Hall–Kier alpha value is -3.99. The third kappa shape index (κ3) is 4.55. The summed E-state index contributed by atoms with van der Waals surface area (Å²) in [5.41, 5.74) is 0.872. The number of ether oxygens (including phenoxy) is 2. The summed E-state index contributed by atoms with van der Waals surface area (Å²) in [4.78, 5) is 12.3. The molecule has 4 aromatic rings. The maximum atomic E-state index is 13.8. The van der Waals surface area contributed by atoms with Crippen LogP contribution >= 0.6 is 0 Å². The van der Waals surface area contributed by atoms with E-state index < -0.39 is 34.2 Å². The first kappa shape index (κ1) is 23.2. The van der Waals surface area contributed by atoms with Crippen molar-refractivity contribution in [1.29, 1.82) is 0 Å². The molecule has 11 heteroatoms. The Morgan fingerprint density at radius 3 is 2.47 bits per heavy atom. The number of rotatable bonds is 7. The second kappa shape index (κ2) is 9.10. The summed E-state index contributed by atoms with van der Waals surface area (Å²) >= 11 is 0. The van der Waals surface area contributed by atoms with Crippen molar-refractivity contribution in [1.82, 2.24) is 9.19 Å². The fourth-order valence-corrected chi connectivity index (χ4v) is 4.46. The van der Waals surface area contributed by atoms with E-state index in [-0.39, 0.29) is 27.4 Å². The number of nitrogens with one attached hydrogen (secondary N) is 1. The van der Waals surface area contributed by atoms with Gasteiger partial charge in [-0.05, 0) is 49.4 Å². The van der Waals surface area contributed by atoms with Crippen molar-refractivity contribution in [2.45, 2.75) is 11.8 Å². The molecule has 0 aliphatic heterocycles. The Morgan fingerprint density at radius 2 is 1.79 bits per heavy atom. The summed E-state index contributed by atoms with van der Waals surface area (Å²) in [7, 11) is -2.63. The Bertz CT molecular complexity index is 1480. The molecule has 34 heavy (non-hydrogen) atoms. The number of halogens is 2. The van der Waals surface area contributed by atoms with E-state index in [2.05, 4.69) is 10.4 Å². The molecule has 0 bridgehead atoms. The van der Waals surface area contributed by atoms with Crippen LogP contribution in [0.15, 0.2) is 65.6 Å². The number of hydrogen-bond donors (Lipinski definition) is 1. The van der Waals surface area contributed by atoms with Gasteiger partial charge in [-0.1, -0.05) is 17.7 Å². The van der Waals surface area contributed by atoms with Crippen LogP contribution in [-0.2, 0) is 14.8 Å². The average Bonchev–Trinajstić information content (AvgIpc) is 3.18. The van der Waals surface area contributed by atoms with Crippen LogP contribution in [0.1, 0.15) is 5.56 Å². The summed E-state index contributed by atoms with van der Waals surface area (Å²) in [5, 5.41) is 6.64. The highest BCUT2D eigenvalue weighted by Gasteiger charge is 2.24. The number of hydrogen-bond acceptors (Lipinski definition) is 6. The smallest absolute Gasteiger partial charge is 0.283 e. The molecule has 0 saturated heterocycles. The lowest BCUT2D eigenvalue weighted by Gasteiger charge is -2.07. The van der Waals surface area contributed by atoms with Gasteiger partial charge in [0.2, 0.25) is 5.88 Å². The van der Waals surface area contributed by atoms with Crippen molar-refractivity contribution in [2.75, 3.05) is 19.0 Å². The summed E-state index contributed by atoms with van der Waals surface area (Å²) in [6.07, 6.45) is 0. The van der Waals surface area contributed by atoms with Gasteiger partial charge in [-0.25, -0.2) is 8.78 Å². The van der Waals surface area contributed by atoms with Gasteiger partial charge < -0.3 is 14.8 Å². The molecule has 0 atom stereocenters. The molecule has 1 N–H and O–H groups in total. The van der Waals surface area contributed by atoms with Crippen molar-refractivity contribution in [2.24, 2.45) is 0 Å². The standard InChI is InChI=1S/C23H19F2N3O5S/c1-14-3-7-17(8-4-14)34(30,31)28-21-10-6-16(32-2)12-18(21)23(27-28)33-13-22(29)26-20-9-5-15(24)11-19(20)25/h3-12H,13H2,1-2H3,(H,26,29). The summed E-state index contributed by atoms with van der Waals surface area (Å²) < 4.78 is 64.8. The Morgan fingerprint density at radius 1 is 1.06 bits per heavy atom. The first-order valence-electron chi connectivity index (χ1n) is 9.96. The highest BCUT2D eigenvalue weighted by atomic mass is 32.2. The highest BCUT2D eigenvalue weighted by molar-refractivity contribution is 7.90. The molecule has 0 saturated carbocycles. The number of aryl methyl sites for hydroxylation is 1. The SMILES string of the molecule is COc1ccc2c(c1)c(OCC(=O)Nc1ccc(F)cc1F)nn2S(=O)(=O)c1ccc(C)cc1. The van der Waals surface area contributed by atoms with Crippen molar-refractivity contribution < 1.29 is 31.5 Å². The largest absolute Gasteiger partial charge is 0.497 e. The maximum Gasteiger partial charge on any atom is 0.283 e. The van der Waals surface area contributed by atoms with Crippen LogP contribution in [0, 0.1) is 18.6 Å². The lowest BCUT2D eigenvalue weighted by atomic mass is 10.2. The number of methoxy groups -OCH3 is 1. The van der Waals surface area contributed by atoms with E-state index in [0.717, 1.165) is 21.8 Å². The van der Waals surface area contributed by atoms with E-state index in [1.165, 1.54) is 31.4 Å². The minimum Gasteiger partial charge on any atom is -0.497 e. The number of amides is 1. The Labute approximate surface area is 193 Å². The van der Waals surface area contributed by atoms with Crippen LogP contribution in [0.3, 0.4) is 0 Å². The molecule has 0 radical (unpaired) electrons. The van der Waals surface area contributed by atoms with E-state index in [9.17, 15) is 22.0 Å². The first-order chi connectivity index (χ1) is 16.2. The van der Waals surface area contributed by atoms with Gasteiger partial charge in [0, 0.05) is 6.07 Å². The predicted molar refractivity (Wildman–Crippen MR) is 121 cm³/mol. The van der Waals surface area contributed by atoms with Crippen molar-refractivity contribution >= 4 is 32.5 Å². The zero-order chi connectivity index (χ0) is 24.5. The topological polar surface area (TPSA) is 99.5 Å². The maximum absolute atomic E-state index is 13.8. The van der Waals surface area contributed by atoms with E-state index in [1.54, 1.807) is 18.2 Å². The van der Waals surface area contributed by atoms with Gasteiger partial charge >= 0.3 is 0 Å². The Balaban J connectivity index is 1.66. The average molecular weight is 487 g/mol. The van der Waals surface area contributed by atoms with Crippen LogP contribution in [-0.4, -0.2) is 37.2 Å². The predicted octanol–water partition coefficient (Wildman–Crippen LogP) is 3.89. The van der Waals surface area contributed by atoms with Gasteiger partial charge in [-0.3, -0.25) is 4.79 Å². The van der Waals surface area contributed by atoms with Crippen LogP contribution < -0.4 is 14.8 Å². The number of fused-ring (bicyclic) bond motifs is 1. The zero-order valence-corrected chi connectivity index (χ0v) is 18.9. The van der Waals surface area contributed by atoms with Gasteiger partial charge in [0.15, 0.2) is 6.61 Å². The molecule has 176 valence electrons. The third-order valence-corrected chi connectivity index (χ3v) is 6.52. The van der Waals surface area contributed by atoms with Gasteiger partial charge in [0.05, 0.1) is 28.6 Å². The fourth-order valence-electron chi connectivity index (χ4n) is 3.18. The number of carbonyl (C=O) groups excluding carboxylic acids is 1. The molecule has 1 amide bonds.